The van der Waals surface area contributed by atoms with Gasteiger partial charge in [0.2, 0.25) is 0 Å². The van der Waals surface area contributed by atoms with E-state index in [-0.39, 0.29) is 11.3 Å². The predicted molar refractivity (Wildman–Crippen MR) is 133 cm³/mol. The highest BCUT2D eigenvalue weighted by Gasteiger charge is 2.45. The van der Waals surface area contributed by atoms with Crippen LogP contribution < -0.4 is 4.74 Å². The van der Waals surface area contributed by atoms with Crippen LogP contribution in [0.2, 0.25) is 5.02 Å². The third-order valence-electron chi connectivity index (χ3n) is 5.79. The van der Waals surface area contributed by atoms with E-state index in [9.17, 15) is 14.7 Å². The molecule has 0 radical (unpaired) electrons. The van der Waals surface area contributed by atoms with E-state index in [1.807, 2.05) is 61.5 Å². The van der Waals surface area contributed by atoms with Gasteiger partial charge in [-0.15, -0.1) is 0 Å². The van der Waals surface area contributed by atoms with Crippen molar-refractivity contribution < 1.29 is 19.4 Å². The van der Waals surface area contributed by atoms with Crippen LogP contribution in [-0.4, -0.2) is 34.8 Å². The SMILES string of the molecule is CCCOc1cccc(C2/C(=C(\O)c3ccc(Cl)cc3)C(=O)C(=O)N2CCc2ccccc2)c1. The fourth-order valence-corrected chi connectivity index (χ4v) is 4.23. The highest BCUT2D eigenvalue weighted by molar-refractivity contribution is 6.46. The Hall–Kier alpha value is -3.57. The normalized spacial score (nSPS) is 17.2. The first-order valence-electron chi connectivity index (χ1n) is 11.3. The molecule has 4 rings (SSSR count). The van der Waals surface area contributed by atoms with Crippen LogP contribution in [0.3, 0.4) is 0 Å². The molecule has 6 heteroatoms. The first-order chi connectivity index (χ1) is 16.5. The van der Waals surface area contributed by atoms with Crippen molar-refractivity contribution in [1.82, 2.24) is 4.90 Å². The fourth-order valence-electron chi connectivity index (χ4n) is 4.11. The Balaban J connectivity index is 1.77. The number of benzene rings is 3. The lowest BCUT2D eigenvalue weighted by atomic mass is 9.95. The summed E-state index contributed by atoms with van der Waals surface area (Å²) in [5, 5.41) is 11.7. The standard InChI is InChI=1S/C28H26ClNO4/c1-2-17-34-23-10-6-9-21(18-23)25-24(26(31)20-11-13-22(29)14-12-20)27(32)28(33)30(25)16-15-19-7-4-3-5-8-19/h3-14,18,25,31H,2,15-17H2,1H3/b26-24+. The number of aliphatic hydroxyl groups is 1. The van der Waals surface area contributed by atoms with E-state index in [0.717, 1.165) is 12.0 Å². The number of carbonyl (C=O) groups is 2. The molecule has 0 saturated carbocycles. The topological polar surface area (TPSA) is 66.8 Å². The van der Waals surface area contributed by atoms with Crippen LogP contribution in [0, 0.1) is 0 Å². The van der Waals surface area contributed by atoms with Gasteiger partial charge < -0.3 is 14.7 Å². The van der Waals surface area contributed by atoms with Crippen LogP contribution in [0.1, 0.15) is 36.1 Å². The molecule has 1 N–H and O–H groups in total. The summed E-state index contributed by atoms with van der Waals surface area (Å²) in [5.74, 6) is -0.900. The average Bonchev–Trinajstić information content (AvgIpc) is 3.12. The molecule has 174 valence electrons. The van der Waals surface area contributed by atoms with Gasteiger partial charge in [0.15, 0.2) is 0 Å². The van der Waals surface area contributed by atoms with E-state index in [1.54, 1.807) is 24.3 Å². The van der Waals surface area contributed by atoms with Crippen molar-refractivity contribution in [3.63, 3.8) is 0 Å². The number of rotatable bonds is 8. The Morgan fingerprint density at radius 3 is 2.44 bits per heavy atom. The minimum atomic E-state index is -0.732. The number of nitrogens with zero attached hydrogens (tertiary/aromatic N) is 1. The maximum atomic E-state index is 13.2. The lowest BCUT2D eigenvalue weighted by Gasteiger charge is -2.26. The van der Waals surface area contributed by atoms with E-state index in [0.29, 0.717) is 41.5 Å². The molecule has 1 aliphatic rings. The molecule has 0 aromatic heterocycles. The van der Waals surface area contributed by atoms with Gasteiger partial charge in [-0.3, -0.25) is 9.59 Å². The Bertz CT molecular complexity index is 1200. The Labute approximate surface area is 204 Å². The lowest BCUT2D eigenvalue weighted by Crippen LogP contribution is -2.31. The predicted octanol–water partition coefficient (Wildman–Crippen LogP) is 5.79. The van der Waals surface area contributed by atoms with E-state index in [1.165, 1.54) is 4.90 Å². The quantitative estimate of drug-likeness (QED) is 0.254. The summed E-state index contributed by atoms with van der Waals surface area (Å²) in [6, 6.07) is 22.9. The van der Waals surface area contributed by atoms with Crippen molar-refractivity contribution >= 4 is 29.1 Å². The van der Waals surface area contributed by atoms with Crippen molar-refractivity contribution in [2.24, 2.45) is 0 Å². The van der Waals surface area contributed by atoms with Crippen LogP contribution in [0.5, 0.6) is 5.75 Å². The summed E-state index contributed by atoms with van der Waals surface area (Å²) in [5.41, 5.74) is 2.25. The van der Waals surface area contributed by atoms with Gasteiger partial charge in [0.1, 0.15) is 11.5 Å². The Morgan fingerprint density at radius 2 is 1.74 bits per heavy atom. The first-order valence-corrected chi connectivity index (χ1v) is 11.7. The van der Waals surface area contributed by atoms with E-state index in [2.05, 4.69) is 0 Å². The molecular formula is C28H26ClNO4. The summed E-state index contributed by atoms with van der Waals surface area (Å²) in [7, 11) is 0. The number of likely N-dealkylation sites (tertiary alicyclic amines) is 1. The van der Waals surface area contributed by atoms with Crippen LogP contribution >= 0.6 is 11.6 Å². The number of Topliss-reactive ketones (excluding diaryl/α,β-unsaturated/α-hetero) is 1. The number of halogens is 1. The van der Waals surface area contributed by atoms with E-state index < -0.39 is 17.7 Å². The summed E-state index contributed by atoms with van der Waals surface area (Å²) >= 11 is 5.99. The molecule has 3 aromatic carbocycles. The summed E-state index contributed by atoms with van der Waals surface area (Å²) in [6.45, 7) is 2.91. The van der Waals surface area contributed by atoms with E-state index in [4.69, 9.17) is 16.3 Å². The molecule has 1 unspecified atom stereocenters. The number of ketones is 1. The van der Waals surface area contributed by atoms with Gasteiger partial charge in [0.05, 0.1) is 18.2 Å². The molecule has 1 fully saturated rings. The van der Waals surface area contributed by atoms with Gasteiger partial charge >= 0.3 is 0 Å². The first kappa shape index (κ1) is 23.6. The van der Waals surface area contributed by atoms with Crippen LogP contribution in [0.15, 0.2) is 84.4 Å². The van der Waals surface area contributed by atoms with Crippen molar-refractivity contribution in [3.05, 3.63) is 106 Å². The number of hydrogen-bond donors (Lipinski definition) is 1. The average molecular weight is 476 g/mol. The summed E-state index contributed by atoms with van der Waals surface area (Å²) < 4.78 is 5.79. The molecule has 0 spiro atoms. The highest BCUT2D eigenvalue weighted by Crippen LogP contribution is 2.40. The zero-order valence-corrected chi connectivity index (χ0v) is 19.7. The fraction of sp³-hybridized carbons (Fsp3) is 0.214. The van der Waals surface area contributed by atoms with Crippen LogP contribution in [0.25, 0.3) is 5.76 Å². The third kappa shape index (κ3) is 5.00. The van der Waals surface area contributed by atoms with Gasteiger partial charge in [-0.05, 0) is 60.4 Å². The minimum absolute atomic E-state index is 0.0630. The maximum absolute atomic E-state index is 13.2. The number of ether oxygens (including phenoxy) is 1. The summed E-state index contributed by atoms with van der Waals surface area (Å²) in [4.78, 5) is 27.9. The number of amides is 1. The van der Waals surface area contributed by atoms with Gasteiger partial charge in [-0.2, -0.15) is 0 Å². The van der Waals surface area contributed by atoms with Gasteiger partial charge in [-0.25, -0.2) is 0 Å². The Morgan fingerprint density at radius 1 is 1.00 bits per heavy atom. The molecule has 1 saturated heterocycles. The maximum Gasteiger partial charge on any atom is 0.295 e. The van der Waals surface area contributed by atoms with Gasteiger partial charge in [0.25, 0.3) is 11.7 Å². The number of hydrogen-bond acceptors (Lipinski definition) is 4. The number of aliphatic hydroxyl groups excluding tert-OH is 1. The molecule has 3 aromatic rings. The van der Waals surface area contributed by atoms with Crippen molar-refractivity contribution in [3.8, 4) is 5.75 Å². The smallest absolute Gasteiger partial charge is 0.295 e. The highest BCUT2D eigenvalue weighted by atomic mass is 35.5. The second kappa shape index (κ2) is 10.6. The molecule has 0 bridgehead atoms. The number of carbonyl (C=O) groups excluding carboxylic acids is 2. The van der Waals surface area contributed by atoms with Crippen molar-refractivity contribution in [1.29, 1.82) is 0 Å². The van der Waals surface area contributed by atoms with Crippen LogP contribution in [0.4, 0.5) is 0 Å². The molecule has 0 aliphatic carbocycles. The zero-order valence-electron chi connectivity index (χ0n) is 18.9. The molecule has 1 heterocycles. The Kier molecular flexibility index (Phi) is 7.33. The molecule has 1 atom stereocenters. The second-order valence-corrected chi connectivity index (χ2v) is 8.59. The van der Waals surface area contributed by atoms with Gasteiger partial charge in [0, 0.05) is 17.1 Å². The lowest BCUT2D eigenvalue weighted by molar-refractivity contribution is -0.139. The zero-order chi connectivity index (χ0) is 24.1. The largest absolute Gasteiger partial charge is 0.507 e. The molecule has 34 heavy (non-hydrogen) atoms. The molecule has 1 aliphatic heterocycles. The molecular weight excluding hydrogens is 450 g/mol. The third-order valence-corrected chi connectivity index (χ3v) is 6.04. The van der Waals surface area contributed by atoms with Gasteiger partial charge in [-0.1, -0.05) is 61.0 Å². The van der Waals surface area contributed by atoms with Crippen molar-refractivity contribution in [2.75, 3.05) is 13.2 Å². The summed E-state index contributed by atoms with van der Waals surface area (Å²) in [6.07, 6.45) is 1.44. The monoisotopic (exact) mass is 475 g/mol. The van der Waals surface area contributed by atoms with E-state index >= 15 is 0 Å². The minimum Gasteiger partial charge on any atom is -0.507 e. The second-order valence-electron chi connectivity index (χ2n) is 8.16. The molecule has 5 nitrogen and oxygen atoms in total. The molecule has 1 amide bonds. The van der Waals surface area contributed by atoms with Crippen molar-refractivity contribution in [2.45, 2.75) is 25.8 Å². The van der Waals surface area contributed by atoms with Crippen LogP contribution in [-0.2, 0) is 16.0 Å².